The smallest absolute Gasteiger partial charge is 0.265 e. The number of aliphatic hydroxyl groups is 2. The number of aliphatic imine (C=N–C) groups is 1. The average Bonchev–Trinajstić information content (AvgIpc) is 2.26. The molecule has 0 aromatic rings. The van der Waals surface area contributed by atoms with Gasteiger partial charge in [0.2, 0.25) is 0 Å². The molecule has 1 unspecified atom stereocenters. The fraction of sp³-hybridized carbons (Fsp3) is 0.875. The second kappa shape index (κ2) is 6.14. The summed E-state index contributed by atoms with van der Waals surface area (Å²) in [6, 6.07) is -1.47. The quantitative estimate of drug-likeness (QED) is 0.172. The Morgan fingerprint density at radius 1 is 1.47 bits per heavy atom. The van der Waals surface area contributed by atoms with Crippen LogP contribution < -0.4 is 21.7 Å². The summed E-state index contributed by atoms with van der Waals surface area (Å²) >= 11 is 0. The maximum absolute atomic E-state index is 10.7. The van der Waals surface area contributed by atoms with E-state index in [0.29, 0.717) is 0 Å². The van der Waals surface area contributed by atoms with Gasteiger partial charge < -0.3 is 41.3 Å². The van der Waals surface area contributed by atoms with Crippen molar-refractivity contribution in [2.75, 3.05) is 7.05 Å². The molecule has 1 fully saturated rings. The van der Waals surface area contributed by atoms with Crippen molar-refractivity contribution >= 4 is 13.8 Å². The second-order valence-electron chi connectivity index (χ2n) is 4.27. The van der Waals surface area contributed by atoms with Gasteiger partial charge in [0.1, 0.15) is 18.3 Å². The molecule has 0 amide bonds. The topological polar surface area (TPSA) is 186 Å². The molecule has 0 radical (unpaired) electrons. The van der Waals surface area contributed by atoms with E-state index in [-0.39, 0.29) is 12.4 Å². The van der Waals surface area contributed by atoms with Crippen molar-refractivity contribution in [2.24, 2.45) is 16.5 Å². The van der Waals surface area contributed by atoms with Crippen molar-refractivity contribution in [2.45, 2.75) is 36.8 Å². The summed E-state index contributed by atoms with van der Waals surface area (Å²) in [6.45, 7) is 0. The summed E-state index contributed by atoms with van der Waals surface area (Å²) in [5.74, 6) is -0.262. The number of hydrogen-bond acceptors (Lipinski definition) is 7. The first-order valence-corrected chi connectivity index (χ1v) is 6.99. The highest BCUT2D eigenvalue weighted by Gasteiger charge is 2.45. The third-order valence-electron chi connectivity index (χ3n) is 2.91. The zero-order valence-corrected chi connectivity index (χ0v) is 11.1. The number of nitrogens with two attached hydrogens (primary N) is 2. The van der Waals surface area contributed by atoms with Gasteiger partial charge in [-0.3, -0.25) is 4.57 Å². The highest BCUT2D eigenvalue weighted by molar-refractivity contribution is 7.44. The lowest BCUT2D eigenvalue weighted by atomic mass is 9.84. The Hall–Kier alpha value is -0.740. The number of phosphoric acid groups is 1. The van der Waals surface area contributed by atoms with E-state index >= 15 is 0 Å². The van der Waals surface area contributed by atoms with Crippen molar-refractivity contribution in [3.05, 3.63) is 0 Å². The van der Waals surface area contributed by atoms with Crippen LogP contribution in [-0.2, 0) is 9.09 Å². The summed E-state index contributed by atoms with van der Waals surface area (Å²) in [5, 5.41) is 22.4. The molecular weight excluding hydrogens is 279 g/mol. The Bertz CT molecular complexity index is 381. The molecule has 0 aromatic carbocycles. The van der Waals surface area contributed by atoms with Gasteiger partial charge in [0.25, 0.3) is 7.82 Å². The molecule has 1 aliphatic rings. The third kappa shape index (κ3) is 4.39. The van der Waals surface area contributed by atoms with Gasteiger partial charge in [-0.1, -0.05) is 0 Å². The SMILES string of the molecule is CN[C@@H]1C[C@H](N=C(N)N)[C@@H](O)[C@H](O)[C@H]1OP(=O)([O-])O. The lowest BCUT2D eigenvalue weighted by Crippen LogP contribution is -2.60. The zero-order chi connectivity index (χ0) is 14.8. The van der Waals surface area contributed by atoms with Gasteiger partial charge in [0.05, 0.1) is 6.04 Å². The molecule has 1 saturated carbocycles. The Morgan fingerprint density at radius 2 is 2.05 bits per heavy atom. The highest BCUT2D eigenvalue weighted by Crippen LogP contribution is 2.37. The maximum Gasteiger partial charge on any atom is 0.265 e. The van der Waals surface area contributed by atoms with Gasteiger partial charge >= 0.3 is 0 Å². The number of hydrogen-bond donors (Lipinski definition) is 6. The van der Waals surface area contributed by atoms with Crippen molar-refractivity contribution in [1.82, 2.24) is 5.32 Å². The Labute approximate surface area is 109 Å². The summed E-state index contributed by atoms with van der Waals surface area (Å²) in [4.78, 5) is 23.2. The molecule has 0 saturated heterocycles. The highest BCUT2D eigenvalue weighted by atomic mass is 31.2. The molecule has 19 heavy (non-hydrogen) atoms. The van der Waals surface area contributed by atoms with Gasteiger partial charge in [0.15, 0.2) is 5.96 Å². The number of aliphatic hydroxyl groups excluding tert-OH is 2. The van der Waals surface area contributed by atoms with E-state index in [0.717, 1.165) is 0 Å². The first-order valence-electron chi connectivity index (χ1n) is 5.50. The van der Waals surface area contributed by atoms with Crippen LogP contribution in [0.2, 0.25) is 0 Å². The van der Waals surface area contributed by atoms with Crippen molar-refractivity contribution in [3.8, 4) is 0 Å². The van der Waals surface area contributed by atoms with E-state index in [2.05, 4.69) is 14.8 Å². The number of rotatable bonds is 4. The van der Waals surface area contributed by atoms with Crippen molar-refractivity contribution in [3.63, 3.8) is 0 Å². The Balaban J connectivity index is 2.92. The van der Waals surface area contributed by atoms with Crippen molar-refractivity contribution in [1.29, 1.82) is 0 Å². The van der Waals surface area contributed by atoms with Crippen molar-refractivity contribution < 1.29 is 29.1 Å². The van der Waals surface area contributed by atoms with E-state index in [4.69, 9.17) is 16.4 Å². The monoisotopic (exact) mass is 297 g/mol. The number of phosphoric ester groups is 1. The molecule has 112 valence electrons. The van der Waals surface area contributed by atoms with Crippen LogP contribution in [0, 0.1) is 0 Å². The standard InChI is InChI=1S/C8H19N4O6P/c1-11-4-2-3(12-8(9)10)5(13)6(14)7(4)18-19(15,16)17/h3-7,11,13-14H,2H2,1H3,(H4,9,10,12)(H2,15,16,17)/p-1/t3-,4+,5+,6-,7-/m0/s1. The molecule has 0 bridgehead atoms. The summed E-state index contributed by atoms with van der Waals surface area (Å²) in [6.07, 6.45) is -4.20. The molecule has 0 aliphatic heterocycles. The van der Waals surface area contributed by atoms with Gasteiger partial charge in [-0.25, -0.2) is 4.99 Å². The number of nitrogens with zero attached hydrogens (tertiary/aromatic N) is 1. The molecule has 1 aliphatic carbocycles. The summed E-state index contributed by atoms with van der Waals surface area (Å²) in [7, 11) is -3.54. The molecule has 11 heteroatoms. The minimum Gasteiger partial charge on any atom is -0.756 e. The molecule has 6 atom stereocenters. The molecule has 8 N–H and O–H groups in total. The van der Waals surface area contributed by atoms with Crippen LogP contribution in [0.5, 0.6) is 0 Å². The second-order valence-corrected chi connectivity index (χ2v) is 5.42. The molecular formula is C8H18N4O6P-. The molecule has 0 aromatic heterocycles. The van der Waals surface area contributed by atoms with E-state index < -0.39 is 38.2 Å². The first-order chi connectivity index (χ1) is 8.65. The predicted octanol–water partition coefficient (Wildman–Crippen LogP) is -3.81. The lowest BCUT2D eigenvalue weighted by molar-refractivity contribution is -0.233. The van der Waals surface area contributed by atoms with Gasteiger partial charge in [0, 0.05) is 6.04 Å². The van der Waals surface area contributed by atoms with Crippen LogP contribution in [0.1, 0.15) is 6.42 Å². The predicted molar refractivity (Wildman–Crippen MR) is 63.8 cm³/mol. The number of guanidine groups is 1. The fourth-order valence-corrected chi connectivity index (χ4v) is 2.67. The van der Waals surface area contributed by atoms with E-state index in [1.807, 2.05) is 0 Å². The van der Waals surface area contributed by atoms with Crippen LogP contribution in [0.4, 0.5) is 0 Å². The van der Waals surface area contributed by atoms with Crippen LogP contribution in [0.3, 0.4) is 0 Å². The molecule has 10 nitrogen and oxygen atoms in total. The van der Waals surface area contributed by atoms with Crippen LogP contribution in [0.25, 0.3) is 0 Å². The minimum atomic E-state index is -5.04. The Kier molecular flexibility index (Phi) is 5.27. The third-order valence-corrected chi connectivity index (χ3v) is 3.42. The average molecular weight is 297 g/mol. The maximum atomic E-state index is 10.7. The van der Waals surface area contributed by atoms with E-state index in [1.165, 1.54) is 7.05 Å². The zero-order valence-electron chi connectivity index (χ0n) is 10.2. The van der Waals surface area contributed by atoms with Crippen LogP contribution in [-0.4, -0.2) is 58.5 Å². The Morgan fingerprint density at radius 3 is 2.47 bits per heavy atom. The number of likely N-dealkylation sites (N-methyl/N-ethyl adjacent to an activating group) is 1. The minimum absolute atomic E-state index is 0.122. The number of nitrogens with one attached hydrogen (secondary N) is 1. The van der Waals surface area contributed by atoms with Gasteiger partial charge in [-0.05, 0) is 13.5 Å². The lowest BCUT2D eigenvalue weighted by Gasteiger charge is -2.42. The normalized spacial score (nSPS) is 38.5. The summed E-state index contributed by atoms with van der Waals surface area (Å²) in [5.41, 5.74) is 10.4. The van der Waals surface area contributed by atoms with E-state index in [9.17, 15) is 19.7 Å². The van der Waals surface area contributed by atoms with Gasteiger partial charge in [-0.15, -0.1) is 0 Å². The summed E-state index contributed by atoms with van der Waals surface area (Å²) < 4.78 is 15.1. The first kappa shape index (κ1) is 16.3. The molecule has 0 spiro atoms. The molecule has 0 heterocycles. The largest absolute Gasteiger partial charge is 0.756 e. The van der Waals surface area contributed by atoms with Crippen LogP contribution >= 0.6 is 7.82 Å². The molecule has 1 rings (SSSR count). The van der Waals surface area contributed by atoms with E-state index in [1.54, 1.807) is 0 Å². The fourth-order valence-electron chi connectivity index (χ4n) is 2.09. The van der Waals surface area contributed by atoms with Crippen LogP contribution in [0.15, 0.2) is 4.99 Å². The van der Waals surface area contributed by atoms with Gasteiger partial charge in [-0.2, -0.15) is 0 Å².